The van der Waals surface area contributed by atoms with Crippen LogP contribution in [0.15, 0.2) is 63.8 Å². The molecule has 0 bridgehead atoms. The SMILES string of the molecule is CCCCCCCOc1ccc(C(NC(=O)c2ccco2)NC(=O)c2ccco2)cc1OC. The lowest BCUT2D eigenvalue weighted by Crippen LogP contribution is -2.41. The molecule has 8 heteroatoms. The molecule has 0 aliphatic carbocycles. The molecule has 0 saturated heterocycles. The molecule has 3 rings (SSSR count). The van der Waals surface area contributed by atoms with Gasteiger partial charge in [0.2, 0.25) is 0 Å². The minimum atomic E-state index is -0.864. The summed E-state index contributed by atoms with van der Waals surface area (Å²) in [6.07, 6.45) is 7.65. The van der Waals surface area contributed by atoms with E-state index in [-0.39, 0.29) is 11.5 Å². The Balaban J connectivity index is 1.73. The Labute approximate surface area is 193 Å². The van der Waals surface area contributed by atoms with E-state index in [2.05, 4.69) is 17.6 Å². The van der Waals surface area contributed by atoms with Gasteiger partial charge in [-0.25, -0.2) is 0 Å². The Morgan fingerprint density at radius 2 is 1.52 bits per heavy atom. The first-order valence-electron chi connectivity index (χ1n) is 11.1. The molecular formula is C25H30N2O6. The number of hydrogen-bond donors (Lipinski definition) is 2. The molecule has 2 N–H and O–H groups in total. The molecule has 0 aliphatic rings. The van der Waals surface area contributed by atoms with Gasteiger partial charge in [-0.05, 0) is 48.4 Å². The largest absolute Gasteiger partial charge is 0.493 e. The van der Waals surface area contributed by atoms with Gasteiger partial charge in [-0.3, -0.25) is 9.59 Å². The summed E-state index contributed by atoms with van der Waals surface area (Å²) in [4.78, 5) is 25.2. The highest BCUT2D eigenvalue weighted by molar-refractivity contribution is 5.94. The number of unbranched alkanes of at least 4 members (excludes halogenated alkanes) is 4. The summed E-state index contributed by atoms with van der Waals surface area (Å²) in [7, 11) is 1.55. The van der Waals surface area contributed by atoms with E-state index in [1.807, 2.05) is 0 Å². The van der Waals surface area contributed by atoms with E-state index >= 15 is 0 Å². The maximum Gasteiger partial charge on any atom is 0.288 e. The highest BCUT2D eigenvalue weighted by Gasteiger charge is 2.22. The van der Waals surface area contributed by atoms with Gasteiger partial charge in [0.1, 0.15) is 6.17 Å². The third-order valence-electron chi connectivity index (χ3n) is 5.07. The van der Waals surface area contributed by atoms with Crippen LogP contribution in [0.3, 0.4) is 0 Å². The van der Waals surface area contributed by atoms with Gasteiger partial charge in [0.05, 0.1) is 26.2 Å². The molecule has 2 amide bonds. The van der Waals surface area contributed by atoms with Gasteiger partial charge in [0.25, 0.3) is 11.8 Å². The predicted molar refractivity (Wildman–Crippen MR) is 122 cm³/mol. The molecular weight excluding hydrogens is 424 g/mol. The van der Waals surface area contributed by atoms with Crippen molar-refractivity contribution in [3.05, 3.63) is 72.1 Å². The number of carbonyl (C=O) groups is 2. The molecule has 8 nitrogen and oxygen atoms in total. The van der Waals surface area contributed by atoms with Gasteiger partial charge in [-0.2, -0.15) is 0 Å². The second-order valence-corrected chi connectivity index (χ2v) is 7.51. The number of nitrogens with one attached hydrogen (secondary N) is 2. The Hall–Kier alpha value is -3.68. The Kier molecular flexibility index (Phi) is 8.99. The average Bonchev–Trinajstić information content (AvgIpc) is 3.55. The fourth-order valence-corrected chi connectivity index (χ4v) is 3.29. The van der Waals surface area contributed by atoms with Crippen molar-refractivity contribution < 1.29 is 27.9 Å². The summed E-state index contributed by atoms with van der Waals surface area (Å²) in [5.74, 6) is 0.410. The number of furan rings is 2. The Morgan fingerprint density at radius 3 is 2.06 bits per heavy atom. The van der Waals surface area contributed by atoms with Crippen LogP contribution in [0.1, 0.15) is 71.9 Å². The number of amides is 2. The molecule has 2 heterocycles. The summed E-state index contributed by atoms with van der Waals surface area (Å²) in [6, 6.07) is 11.6. The summed E-state index contributed by atoms with van der Waals surface area (Å²) < 4.78 is 21.7. The first-order chi connectivity index (χ1) is 16.1. The van der Waals surface area contributed by atoms with Crippen molar-refractivity contribution in [3.8, 4) is 11.5 Å². The van der Waals surface area contributed by atoms with E-state index in [1.165, 1.54) is 31.8 Å². The molecule has 176 valence electrons. The minimum Gasteiger partial charge on any atom is -0.493 e. The maximum absolute atomic E-state index is 12.6. The second kappa shape index (κ2) is 12.4. The third-order valence-corrected chi connectivity index (χ3v) is 5.07. The monoisotopic (exact) mass is 454 g/mol. The molecule has 1 aromatic carbocycles. The zero-order valence-corrected chi connectivity index (χ0v) is 19.0. The van der Waals surface area contributed by atoms with E-state index in [1.54, 1.807) is 49.6 Å². The summed E-state index contributed by atoms with van der Waals surface area (Å²) in [6.45, 7) is 2.78. The molecule has 33 heavy (non-hydrogen) atoms. The number of carbonyl (C=O) groups excluding carboxylic acids is 2. The van der Waals surface area contributed by atoms with E-state index in [4.69, 9.17) is 18.3 Å². The first-order valence-corrected chi connectivity index (χ1v) is 11.1. The van der Waals surface area contributed by atoms with Crippen molar-refractivity contribution in [2.75, 3.05) is 13.7 Å². The number of ether oxygens (including phenoxy) is 2. The highest BCUT2D eigenvalue weighted by Crippen LogP contribution is 2.30. The van der Waals surface area contributed by atoms with Crippen molar-refractivity contribution in [2.45, 2.75) is 45.2 Å². The smallest absolute Gasteiger partial charge is 0.288 e. The molecule has 3 aromatic rings. The number of methoxy groups -OCH3 is 1. The van der Waals surface area contributed by atoms with Crippen LogP contribution < -0.4 is 20.1 Å². The zero-order valence-electron chi connectivity index (χ0n) is 19.0. The molecule has 0 radical (unpaired) electrons. The van der Waals surface area contributed by atoms with Gasteiger partial charge in [-0.15, -0.1) is 0 Å². The molecule has 0 atom stereocenters. The lowest BCUT2D eigenvalue weighted by molar-refractivity contribution is 0.0853. The number of hydrogen-bond acceptors (Lipinski definition) is 6. The van der Waals surface area contributed by atoms with Crippen LogP contribution >= 0.6 is 0 Å². The zero-order chi connectivity index (χ0) is 23.5. The van der Waals surface area contributed by atoms with Crippen molar-refractivity contribution in [3.63, 3.8) is 0 Å². The predicted octanol–water partition coefficient (Wildman–Crippen LogP) is 5.09. The van der Waals surface area contributed by atoms with Gasteiger partial charge in [-0.1, -0.05) is 38.7 Å². The fourth-order valence-electron chi connectivity index (χ4n) is 3.29. The molecule has 0 saturated carbocycles. The third kappa shape index (κ3) is 6.90. The summed E-state index contributed by atoms with van der Waals surface area (Å²) >= 11 is 0. The second-order valence-electron chi connectivity index (χ2n) is 7.51. The van der Waals surface area contributed by atoms with Gasteiger partial charge < -0.3 is 28.9 Å². The van der Waals surface area contributed by atoms with Crippen LogP contribution in [0.2, 0.25) is 0 Å². The topological polar surface area (TPSA) is 103 Å². The summed E-state index contributed by atoms with van der Waals surface area (Å²) in [5.41, 5.74) is 0.599. The summed E-state index contributed by atoms with van der Waals surface area (Å²) in [5, 5.41) is 5.54. The van der Waals surface area contributed by atoms with E-state index in [0.29, 0.717) is 23.7 Å². The van der Waals surface area contributed by atoms with Crippen LogP contribution in [0, 0.1) is 0 Å². The molecule has 0 fully saturated rings. The van der Waals surface area contributed by atoms with Crippen LogP contribution in [0.4, 0.5) is 0 Å². The van der Waals surface area contributed by atoms with Crippen molar-refractivity contribution >= 4 is 11.8 Å². The Morgan fingerprint density at radius 1 is 0.879 bits per heavy atom. The van der Waals surface area contributed by atoms with E-state index in [9.17, 15) is 9.59 Å². The molecule has 2 aromatic heterocycles. The first kappa shape index (κ1) is 24.0. The number of rotatable bonds is 13. The molecule has 0 aliphatic heterocycles. The Bertz CT molecular complexity index is 950. The lowest BCUT2D eigenvalue weighted by Gasteiger charge is -2.21. The van der Waals surface area contributed by atoms with Crippen molar-refractivity contribution in [2.24, 2.45) is 0 Å². The van der Waals surface area contributed by atoms with Crippen LogP contribution in [-0.2, 0) is 0 Å². The van der Waals surface area contributed by atoms with Crippen molar-refractivity contribution in [1.29, 1.82) is 0 Å². The number of benzene rings is 1. The van der Waals surface area contributed by atoms with Crippen molar-refractivity contribution in [1.82, 2.24) is 10.6 Å². The van der Waals surface area contributed by atoms with Crippen LogP contribution in [0.5, 0.6) is 11.5 Å². The average molecular weight is 455 g/mol. The van der Waals surface area contributed by atoms with E-state index in [0.717, 1.165) is 12.8 Å². The van der Waals surface area contributed by atoms with Gasteiger partial charge in [0.15, 0.2) is 23.0 Å². The lowest BCUT2D eigenvalue weighted by atomic mass is 10.1. The quantitative estimate of drug-likeness (QED) is 0.275. The van der Waals surface area contributed by atoms with Crippen LogP contribution in [-0.4, -0.2) is 25.5 Å². The fraction of sp³-hybridized carbons (Fsp3) is 0.360. The normalized spacial score (nSPS) is 10.8. The molecule has 0 unspecified atom stereocenters. The van der Waals surface area contributed by atoms with E-state index < -0.39 is 18.0 Å². The van der Waals surface area contributed by atoms with Gasteiger partial charge in [0, 0.05) is 0 Å². The molecule has 0 spiro atoms. The minimum absolute atomic E-state index is 0.127. The maximum atomic E-state index is 12.6. The standard InChI is InChI=1S/C25H30N2O6/c1-3-4-5-6-7-14-31-19-13-12-18(17-22(19)30-2)23(26-24(28)20-10-8-15-32-20)27-25(29)21-11-9-16-33-21/h8-13,15-17,23H,3-7,14H2,1-2H3,(H,26,28)(H,27,29). The van der Waals surface area contributed by atoms with Gasteiger partial charge >= 0.3 is 0 Å². The van der Waals surface area contributed by atoms with Crippen LogP contribution in [0.25, 0.3) is 0 Å². The highest BCUT2D eigenvalue weighted by atomic mass is 16.5.